The van der Waals surface area contributed by atoms with Crippen LogP contribution in [0.4, 0.5) is 0 Å². The molecule has 0 radical (unpaired) electrons. The molecule has 9 aromatic carbocycles. The van der Waals surface area contributed by atoms with Gasteiger partial charge in [-0.25, -0.2) is 0 Å². The third-order valence-electron chi connectivity index (χ3n) is 11.9. The second-order valence-electron chi connectivity index (χ2n) is 14.3. The molecule has 9 aromatic rings. The number of fused-ring (bicyclic) bond motifs is 11. The van der Waals surface area contributed by atoms with Crippen LogP contribution in [0.25, 0.3) is 87.6 Å². The van der Waals surface area contributed by atoms with E-state index in [9.17, 15) is 0 Å². The minimum atomic E-state index is -0.000941. The van der Waals surface area contributed by atoms with Crippen LogP contribution in [0, 0.1) is 0 Å². The zero-order valence-electron chi connectivity index (χ0n) is 29.1. The molecule has 0 atom stereocenters. The molecule has 1 aliphatic rings. The molecule has 51 heavy (non-hydrogen) atoms. The van der Waals surface area contributed by atoms with Gasteiger partial charge in [-0.15, -0.1) is 0 Å². The highest BCUT2D eigenvalue weighted by Crippen LogP contribution is 2.56. The molecule has 0 saturated carbocycles. The number of rotatable bonds is 5. The lowest BCUT2D eigenvalue weighted by atomic mass is 9.73. The Morgan fingerprint density at radius 2 is 0.843 bits per heavy atom. The molecule has 0 nitrogen and oxygen atoms in total. The molecule has 1 aliphatic carbocycles. The molecule has 0 bridgehead atoms. The fraction of sp³-hybridized carbons (Fsp3) is 0.0980. The molecular formula is C51H38. The summed E-state index contributed by atoms with van der Waals surface area (Å²) >= 11 is 0. The monoisotopic (exact) mass is 650 g/mol. The Morgan fingerprint density at radius 1 is 0.333 bits per heavy atom. The van der Waals surface area contributed by atoms with E-state index in [-0.39, 0.29) is 5.41 Å². The number of hydrogen-bond acceptors (Lipinski definition) is 0. The van der Waals surface area contributed by atoms with Crippen LogP contribution in [-0.4, -0.2) is 0 Å². The van der Waals surface area contributed by atoms with E-state index in [4.69, 9.17) is 0 Å². The smallest absolute Gasteiger partial charge is 0.0210 e. The maximum absolute atomic E-state index is 2.57. The van der Waals surface area contributed by atoms with E-state index in [0.717, 1.165) is 12.8 Å². The largest absolute Gasteiger partial charge is 0.0642 e. The van der Waals surface area contributed by atoms with Crippen molar-refractivity contribution in [1.29, 1.82) is 0 Å². The summed E-state index contributed by atoms with van der Waals surface area (Å²) in [6.07, 6.45) is 2.15. The highest BCUT2D eigenvalue weighted by atomic mass is 14.4. The third-order valence-corrected chi connectivity index (χ3v) is 11.9. The van der Waals surface area contributed by atoms with Gasteiger partial charge in [0.2, 0.25) is 0 Å². The third kappa shape index (κ3) is 4.46. The summed E-state index contributed by atoms with van der Waals surface area (Å²) in [5.41, 5.74) is 13.2. The van der Waals surface area contributed by atoms with Crippen LogP contribution in [-0.2, 0) is 5.41 Å². The minimum Gasteiger partial charge on any atom is -0.0642 e. The first-order valence-electron chi connectivity index (χ1n) is 18.4. The summed E-state index contributed by atoms with van der Waals surface area (Å²) in [4.78, 5) is 0. The molecule has 0 heteroatoms. The Kier molecular flexibility index (Phi) is 6.76. The zero-order chi connectivity index (χ0) is 34.1. The SMILES string of the molecule is CCC1(CC)c2cc3c4ccc(-c5cccc(-c6cccc(-c7ccccc7)c6)c5)cc4c4ccccc4c3cc2-c2c1ccc1ccccc21. The predicted molar refractivity (Wildman–Crippen MR) is 220 cm³/mol. The Hall–Kier alpha value is -5.98. The average Bonchev–Trinajstić information content (AvgIpc) is 3.50. The van der Waals surface area contributed by atoms with Crippen molar-refractivity contribution < 1.29 is 0 Å². The topological polar surface area (TPSA) is 0 Å². The molecule has 0 unspecified atom stereocenters. The van der Waals surface area contributed by atoms with Crippen LogP contribution in [0.2, 0.25) is 0 Å². The highest BCUT2D eigenvalue weighted by molar-refractivity contribution is 6.27. The maximum atomic E-state index is 2.57. The van der Waals surface area contributed by atoms with Crippen LogP contribution in [0.1, 0.15) is 37.8 Å². The van der Waals surface area contributed by atoms with Gasteiger partial charge in [-0.3, -0.25) is 0 Å². The molecular weight excluding hydrogens is 613 g/mol. The first kappa shape index (κ1) is 29.9. The second kappa shape index (κ2) is 11.5. The van der Waals surface area contributed by atoms with Crippen LogP contribution >= 0.6 is 0 Å². The molecule has 242 valence electrons. The van der Waals surface area contributed by atoms with Gasteiger partial charge < -0.3 is 0 Å². The molecule has 0 heterocycles. The van der Waals surface area contributed by atoms with Crippen molar-refractivity contribution in [2.24, 2.45) is 0 Å². The first-order valence-corrected chi connectivity index (χ1v) is 18.4. The lowest BCUT2D eigenvalue weighted by Gasteiger charge is -2.30. The van der Waals surface area contributed by atoms with Crippen LogP contribution < -0.4 is 0 Å². The fourth-order valence-corrected chi connectivity index (χ4v) is 9.29. The standard InChI is InChI=1S/C51H38/c1-3-51(4-2)48-27-25-34-16-8-9-21-40(34)50(48)47-31-45-42-23-11-10-22-41(42)44-30-39(24-26-43(44)46(45)32-49(47)51)38-20-13-19-37(29-38)36-18-12-17-35(28-36)33-14-6-5-7-15-33/h5-32H,3-4H2,1-2H3. The van der Waals surface area contributed by atoms with E-state index in [2.05, 4.69) is 184 Å². The lowest BCUT2D eigenvalue weighted by Crippen LogP contribution is -2.23. The van der Waals surface area contributed by atoms with Crippen molar-refractivity contribution in [2.75, 3.05) is 0 Å². The Labute approximate surface area is 299 Å². The molecule has 0 fully saturated rings. The lowest BCUT2D eigenvalue weighted by molar-refractivity contribution is 0.491. The number of benzene rings is 9. The number of hydrogen-bond donors (Lipinski definition) is 0. The summed E-state index contributed by atoms with van der Waals surface area (Å²) in [6, 6.07) is 63.5. The average molecular weight is 651 g/mol. The van der Waals surface area contributed by atoms with Gasteiger partial charge >= 0.3 is 0 Å². The quantitative estimate of drug-likeness (QED) is 0.163. The molecule has 0 aliphatic heterocycles. The molecule has 0 spiro atoms. The Bertz CT molecular complexity index is 2820. The summed E-state index contributed by atoms with van der Waals surface area (Å²) in [6.45, 7) is 4.75. The van der Waals surface area contributed by atoms with Gasteiger partial charge in [-0.1, -0.05) is 153 Å². The highest BCUT2D eigenvalue weighted by Gasteiger charge is 2.41. The first-order chi connectivity index (χ1) is 25.2. The summed E-state index contributed by atoms with van der Waals surface area (Å²) in [5, 5.41) is 10.6. The van der Waals surface area contributed by atoms with Gasteiger partial charge in [0.1, 0.15) is 0 Å². The van der Waals surface area contributed by atoms with Gasteiger partial charge in [-0.05, 0) is 142 Å². The van der Waals surface area contributed by atoms with Gasteiger partial charge in [0.05, 0.1) is 0 Å². The second-order valence-corrected chi connectivity index (χ2v) is 14.3. The van der Waals surface area contributed by atoms with E-state index in [0.29, 0.717) is 0 Å². The Morgan fingerprint density at radius 3 is 1.51 bits per heavy atom. The fourth-order valence-electron chi connectivity index (χ4n) is 9.29. The normalized spacial score (nSPS) is 13.2. The van der Waals surface area contributed by atoms with Crippen molar-refractivity contribution in [2.45, 2.75) is 32.1 Å². The van der Waals surface area contributed by atoms with Crippen LogP contribution in [0.5, 0.6) is 0 Å². The van der Waals surface area contributed by atoms with Crippen molar-refractivity contribution in [3.63, 3.8) is 0 Å². The van der Waals surface area contributed by atoms with E-state index < -0.39 is 0 Å². The Balaban J connectivity index is 1.17. The maximum Gasteiger partial charge on any atom is 0.0210 e. The van der Waals surface area contributed by atoms with Crippen molar-refractivity contribution >= 4 is 43.1 Å². The summed E-state index contributed by atoms with van der Waals surface area (Å²) < 4.78 is 0. The molecule has 0 saturated heterocycles. The van der Waals surface area contributed by atoms with Gasteiger partial charge in [0.15, 0.2) is 0 Å². The molecule has 0 amide bonds. The molecule has 10 rings (SSSR count). The van der Waals surface area contributed by atoms with E-state index in [1.165, 1.54) is 98.7 Å². The molecule has 0 aromatic heterocycles. The minimum absolute atomic E-state index is 0.000941. The summed E-state index contributed by atoms with van der Waals surface area (Å²) in [5.74, 6) is 0. The van der Waals surface area contributed by atoms with Crippen molar-refractivity contribution in [3.05, 3.63) is 181 Å². The van der Waals surface area contributed by atoms with E-state index >= 15 is 0 Å². The van der Waals surface area contributed by atoms with Crippen molar-refractivity contribution in [3.8, 4) is 44.5 Å². The van der Waals surface area contributed by atoms with Gasteiger partial charge in [0, 0.05) is 5.41 Å². The van der Waals surface area contributed by atoms with Crippen LogP contribution in [0.15, 0.2) is 170 Å². The summed E-state index contributed by atoms with van der Waals surface area (Å²) in [7, 11) is 0. The molecule has 0 N–H and O–H groups in total. The van der Waals surface area contributed by atoms with Crippen LogP contribution in [0.3, 0.4) is 0 Å². The van der Waals surface area contributed by atoms with E-state index in [1.807, 2.05) is 0 Å². The zero-order valence-corrected chi connectivity index (χ0v) is 29.1. The van der Waals surface area contributed by atoms with Crippen molar-refractivity contribution in [1.82, 2.24) is 0 Å². The van der Waals surface area contributed by atoms with Gasteiger partial charge in [-0.2, -0.15) is 0 Å². The van der Waals surface area contributed by atoms with E-state index in [1.54, 1.807) is 0 Å². The predicted octanol–water partition coefficient (Wildman–Crippen LogP) is 14.4. The van der Waals surface area contributed by atoms with Gasteiger partial charge in [0.25, 0.3) is 0 Å².